The highest BCUT2D eigenvalue weighted by molar-refractivity contribution is 6.31. The Kier molecular flexibility index (Phi) is 5.30. The Labute approximate surface area is 147 Å². The predicted molar refractivity (Wildman–Crippen MR) is 95.0 cm³/mol. The number of hydrogen-bond acceptors (Lipinski definition) is 4. The number of amides is 1. The van der Waals surface area contributed by atoms with Crippen LogP contribution in [0, 0.1) is 12.8 Å². The zero-order valence-corrected chi connectivity index (χ0v) is 14.5. The summed E-state index contributed by atoms with van der Waals surface area (Å²) in [4.78, 5) is 14.6. The predicted octanol–water partition coefficient (Wildman–Crippen LogP) is 2.97. The first-order valence-corrected chi connectivity index (χ1v) is 8.57. The van der Waals surface area contributed by atoms with Crippen molar-refractivity contribution in [3.63, 3.8) is 0 Å². The molecule has 1 atom stereocenters. The first-order valence-electron chi connectivity index (χ1n) is 8.20. The van der Waals surface area contributed by atoms with E-state index in [4.69, 9.17) is 11.6 Å². The van der Waals surface area contributed by atoms with Gasteiger partial charge >= 0.3 is 0 Å². The summed E-state index contributed by atoms with van der Waals surface area (Å²) in [6, 6.07) is 11.5. The van der Waals surface area contributed by atoms with Crippen LogP contribution < -0.4 is 10.2 Å². The largest absolute Gasteiger partial charge is 0.354 e. The third-order valence-corrected chi connectivity index (χ3v) is 4.68. The van der Waals surface area contributed by atoms with Crippen molar-refractivity contribution < 1.29 is 4.79 Å². The highest BCUT2D eigenvalue weighted by Gasteiger charge is 2.26. The minimum atomic E-state index is -0.0376. The number of rotatable bonds is 4. The number of carbonyl (C=O) groups excluding carboxylic acids is 1. The molecule has 1 aromatic heterocycles. The molecular formula is C18H21ClN4O. The van der Waals surface area contributed by atoms with Gasteiger partial charge in [0.05, 0.1) is 11.6 Å². The summed E-state index contributed by atoms with van der Waals surface area (Å²) in [5.74, 6) is 0.869. The third-order valence-electron chi connectivity index (χ3n) is 4.31. The Balaban J connectivity index is 1.59. The smallest absolute Gasteiger partial charge is 0.225 e. The molecule has 1 aliphatic heterocycles. The first-order chi connectivity index (χ1) is 11.6. The normalized spacial score (nSPS) is 17.6. The van der Waals surface area contributed by atoms with Crippen LogP contribution in [0.4, 0.5) is 5.82 Å². The molecule has 2 aromatic rings. The van der Waals surface area contributed by atoms with Crippen molar-refractivity contribution in [3.8, 4) is 0 Å². The van der Waals surface area contributed by atoms with E-state index in [0.717, 1.165) is 36.5 Å². The fourth-order valence-electron chi connectivity index (χ4n) is 2.93. The lowest BCUT2D eigenvalue weighted by molar-refractivity contribution is -0.125. The van der Waals surface area contributed by atoms with E-state index in [0.29, 0.717) is 18.1 Å². The van der Waals surface area contributed by atoms with Crippen LogP contribution in [-0.4, -0.2) is 29.2 Å². The van der Waals surface area contributed by atoms with E-state index in [1.165, 1.54) is 0 Å². The molecule has 0 aliphatic carbocycles. The van der Waals surface area contributed by atoms with Gasteiger partial charge in [-0.25, -0.2) is 0 Å². The van der Waals surface area contributed by atoms with Crippen molar-refractivity contribution in [2.45, 2.75) is 26.3 Å². The second kappa shape index (κ2) is 7.62. The molecule has 1 unspecified atom stereocenters. The molecule has 0 radical (unpaired) electrons. The van der Waals surface area contributed by atoms with Gasteiger partial charge in [-0.05, 0) is 43.5 Å². The molecule has 0 spiro atoms. The van der Waals surface area contributed by atoms with Crippen LogP contribution in [0.1, 0.15) is 24.1 Å². The van der Waals surface area contributed by atoms with Crippen LogP contribution in [0.3, 0.4) is 0 Å². The van der Waals surface area contributed by atoms with E-state index in [2.05, 4.69) is 20.4 Å². The van der Waals surface area contributed by atoms with Crippen molar-refractivity contribution in [2.75, 3.05) is 18.0 Å². The maximum absolute atomic E-state index is 12.5. The summed E-state index contributed by atoms with van der Waals surface area (Å²) in [6.45, 7) is 3.95. The third kappa shape index (κ3) is 4.03. The molecule has 3 rings (SSSR count). The number of halogens is 1. The van der Waals surface area contributed by atoms with E-state index in [1.54, 1.807) is 0 Å². The van der Waals surface area contributed by atoms with Gasteiger partial charge in [0.2, 0.25) is 5.91 Å². The lowest BCUT2D eigenvalue weighted by atomic mass is 9.97. The van der Waals surface area contributed by atoms with Gasteiger partial charge in [-0.15, -0.1) is 5.10 Å². The topological polar surface area (TPSA) is 58.1 Å². The van der Waals surface area contributed by atoms with Crippen LogP contribution in [0.25, 0.3) is 0 Å². The minimum Gasteiger partial charge on any atom is -0.354 e. The maximum Gasteiger partial charge on any atom is 0.225 e. The van der Waals surface area contributed by atoms with E-state index in [1.807, 2.05) is 43.3 Å². The number of nitrogens with one attached hydrogen (secondary N) is 1. The zero-order valence-electron chi connectivity index (χ0n) is 13.7. The molecule has 5 nitrogen and oxygen atoms in total. The second-order valence-electron chi connectivity index (χ2n) is 6.13. The SMILES string of the molecule is Cc1ccc(N2CCCC(C(=O)NCc3ccccc3Cl)C2)nn1. The number of hydrogen-bond donors (Lipinski definition) is 1. The van der Waals surface area contributed by atoms with Gasteiger partial charge in [0, 0.05) is 24.7 Å². The Morgan fingerprint density at radius 3 is 2.88 bits per heavy atom. The number of benzene rings is 1. The molecule has 2 heterocycles. The first kappa shape index (κ1) is 16.7. The van der Waals surface area contributed by atoms with Gasteiger partial charge in [-0.3, -0.25) is 4.79 Å². The lowest BCUT2D eigenvalue weighted by Gasteiger charge is -2.32. The molecule has 126 valence electrons. The summed E-state index contributed by atoms with van der Waals surface area (Å²) < 4.78 is 0. The van der Waals surface area contributed by atoms with Gasteiger partial charge in [-0.2, -0.15) is 5.10 Å². The number of aromatic nitrogens is 2. The van der Waals surface area contributed by atoms with Crippen molar-refractivity contribution in [2.24, 2.45) is 5.92 Å². The standard InChI is InChI=1S/C18H21ClN4O/c1-13-8-9-17(22-21-13)23-10-4-6-15(12-23)18(24)20-11-14-5-2-3-7-16(14)19/h2-3,5,7-9,15H,4,6,10-12H2,1H3,(H,20,24). The minimum absolute atomic E-state index is 0.0376. The summed E-state index contributed by atoms with van der Waals surface area (Å²) in [5, 5.41) is 12.0. The monoisotopic (exact) mass is 344 g/mol. The summed E-state index contributed by atoms with van der Waals surface area (Å²) >= 11 is 6.13. The van der Waals surface area contributed by atoms with Gasteiger partial charge in [0.15, 0.2) is 5.82 Å². The van der Waals surface area contributed by atoms with Crippen molar-refractivity contribution in [1.82, 2.24) is 15.5 Å². The van der Waals surface area contributed by atoms with Crippen LogP contribution in [-0.2, 0) is 11.3 Å². The summed E-state index contributed by atoms with van der Waals surface area (Å²) in [5.41, 5.74) is 1.83. The molecule has 6 heteroatoms. The molecule has 1 aromatic carbocycles. The Morgan fingerprint density at radius 2 is 2.12 bits per heavy atom. The van der Waals surface area contributed by atoms with Gasteiger partial charge in [0.25, 0.3) is 0 Å². The number of nitrogens with zero attached hydrogens (tertiary/aromatic N) is 3. The molecule has 0 bridgehead atoms. The lowest BCUT2D eigenvalue weighted by Crippen LogP contribution is -2.43. The van der Waals surface area contributed by atoms with Crippen molar-refractivity contribution in [3.05, 3.63) is 52.7 Å². The summed E-state index contributed by atoms with van der Waals surface area (Å²) in [7, 11) is 0. The Morgan fingerprint density at radius 1 is 1.29 bits per heavy atom. The highest BCUT2D eigenvalue weighted by atomic mass is 35.5. The van der Waals surface area contributed by atoms with Crippen LogP contribution in [0.2, 0.25) is 5.02 Å². The van der Waals surface area contributed by atoms with Crippen LogP contribution in [0.5, 0.6) is 0 Å². The van der Waals surface area contributed by atoms with E-state index in [9.17, 15) is 4.79 Å². The quantitative estimate of drug-likeness (QED) is 0.926. The van der Waals surface area contributed by atoms with Gasteiger partial charge in [-0.1, -0.05) is 29.8 Å². The van der Waals surface area contributed by atoms with E-state index in [-0.39, 0.29) is 11.8 Å². The Hall–Kier alpha value is -2.14. The van der Waals surface area contributed by atoms with Gasteiger partial charge < -0.3 is 10.2 Å². The molecule has 1 N–H and O–H groups in total. The number of carbonyl (C=O) groups is 1. The fraction of sp³-hybridized carbons (Fsp3) is 0.389. The zero-order chi connectivity index (χ0) is 16.9. The molecule has 24 heavy (non-hydrogen) atoms. The summed E-state index contributed by atoms with van der Waals surface area (Å²) in [6.07, 6.45) is 1.86. The van der Waals surface area contributed by atoms with E-state index < -0.39 is 0 Å². The average Bonchev–Trinajstić information content (AvgIpc) is 2.61. The number of anilines is 1. The van der Waals surface area contributed by atoms with E-state index >= 15 is 0 Å². The van der Waals surface area contributed by atoms with Crippen molar-refractivity contribution in [1.29, 1.82) is 0 Å². The molecule has 1 amide bonds. The number of aryl methyl sites for hydroxylation is 1. The number of piperidine rings is 1. The molecule has 1 saturated heterocycles. The van der Waals surface area contributed by atoms with Crippen LogP contribution >= 0.6 is 11.6 Å². The second-order valence-corrected chi connectivity index (χ2v) is 6.53. The van der Waals surface area contributed by atoms with Crippen LogP contribution in [0.15, 0.2) is 36.4 Å². The van der Waals surface area contributed by atoms with Crippen molar-refractivity contribution >= 4 is 23.3 Å². The van der Waals surface area contributed by atoms with Gasteiger partial charge in [0.1, 0.15) is 0 Å². The average molecular weight is 345 g/mol. The molecular weight excluding hydrogens is 324 g/mol. The fourth-order valence-corrected chi connectivity index (χ4v) is 3.13. The molecule has 1 aliphatic rings. The molecule has 1 fully saturated rings. The maximum atomic E-state index is 12.5. The highest BCUT2D eigenvalue weighted by Crippen LogP contribution is 2.22. The molecule has 0 saturated carbocycles. The Bertz CT molecular complexity index is 704.